The molecule has 0 fully saturated rings. The van der Waals surface area contributed by atoms with Crippen LogP contribution >= 0.6 is 11.8 Å². The molecule has 5 N–H and O–H groups in total. The lowest BCUT2D eigenvalue weighted by Gasteiger charge is -2.10. The van der Waals surface area contributed by atoms with Gasteiger partial charge in [-0.3, -0.25) is 0 Å². The maximum atomic E-state index is 5.63. The summed E-state index contributed by atoms with van der Waals surface area (Å²) < 4.78 is 0. The largest absolute Gasteiger partial charge is 0.399 e. The van der Waals surface area contributed by atoms with Gasteiger partial charge in [-0.1, -0.05) is 12.1 Å². The number of anilines is 3. The number of nitrogen functional groups attached to an aromatic ring is 1. The molecule has 5 heteroatoms. The Morgan fingerprint density at radius 3 is 2.53 bits per heavy atom. The molecule has 0 aliphatic carbocycles. The second-order valence-electron chi connectivity index (χ2n) is 3.96. The molecule has 0 amide bonds. The molecule has 0 unspecified atom stereocenters. The highest BCUT2D eigenvalue weighted by Crippen LogP contribution is 2.25. The van der Waals surface area contributed by atoms with E-state index < -0.39 is 0 Å². The van der Waals surface area contributed by atoms with Gasteiger partial charge in [-0.15, -0.1) is 11.8 Å². The lowest BCUT2D eigenvalue weighted by molar-refractivity contribution is 0.951. The van der Waals surface area contributed by atoms with Gasteiger partial charge in [0.2, 0.25) is 0 Å². The van der Waals surface area contributed by atoms with E-state index in [1.165, 1.54) is 4.90 Å². The number of nitrogens with one attached hydrogen (secondary N) is 3. The van der Waals surface area contributed by atoms with Gasteiger partial charge in [0.15, 0.2) is 0 Å². The quantitative estimate of drug-likeness (QED) is 0.214. The number of para-hydroxylation sites is 1. The molecule has 0 spiro atoms. The Labute approximate surface area is 117 Å². The van der Waals surface area contributed by atoms with Crippen LogP contribution in [0.25, 0.3) is 0 Å². The molecule has 0 aromatic heterocycles. The number of hydrazine groups is 1. The summed E-state index contributed by atoms with van der Waals surface area (Å²) in [6, 6.07) is 15.8. The summed E-state index contributed by atoms with van der Waals surface area (Å²) in [7, 11) is 1.93. The van der Waals surface area contributed by atoms with Crippen LogP contribution in [0.2, 0.25) is 0 Å². The zero-order chi connectivity index (χ0) is 13.5. The number of hydrogen-bond donors (Lipinski definition) is 4. The first kappa shape index (κ1) is 13.6. The molecule has 0 aliphatic rings. The zero-order valence-electron chi connectivity index (χ0n) is 10.8. The van der Waals surface area contributed by atoms with E-state index in [4.69, 9.17) is 5.73 Å². The van der Waals surface area contributed by atoms with Gasteiger partial charge in [0.25, 0.3) is 0 Å². The average molecular weight is 274 g/mol. The van der Waals surface area contributed by atoms with Crippen LogP contribution in [0.5, 0.6) is 0 Å². The minimum Gasteiger partial charge on any atom is -0.399 e. The van der Waals surface area contributed by atoms with Crippen LogP contribution in [-0.4, -0.2) is 12.9 Å². The molecule has 19 heavy (non-hydrogen) atoms. The van der Waals surface area contributed by atoms with Crippen LogP contribution < -0.4 is 21.9 Å². The molecule has 0 radical (unpaired) electrons. The molecule has 0 saturated heterocycles. The minimum absolute atomic E-state index is 0.767. The monoisotopic (exact) mass is 274 g/mol. The van der Waals surface area contributed by atoms with Crippen molar-refractivity contribution >= 4 is 28.8 Å². The van der Waals surface area contributed by atoms with Crippen molar-refractivity contribution in [3.05, 3.63) is 48.5 Å². The summed E-state index contributed by atoms with van der Waals surface area (Å²) in [5, 5.41) is 3.18. The molecule has 2 aromatic carbocycles. The number of nitrogens with two attached hydrogens (primary N) is 1. The van der Waals surface area contributed by atoms with Gasteiger partial charge in [0, 0.05) is 29.0 Å². The molecular weight excluding hydrogens is 256 g/mol. The molecule has 0 heterocycles. The molecule has 0 atom stereocenters. The minimum atomic E-state index is 0.767. The maximum Gasteiger partial charge on any atom is 0.0652 e. The topological polar surface area (TPSA) is 62.1 Å². The van der Waals surface area contributed by atoms with E-state index in [0.29, 0.717) is 0 Å². The van der Waals surface area contributed by atoms with Crippen molar-refractivity contribution < 1.29 is 0 Å². The van der Waals surface area contributed by atoms with Gasteiger partial charge in [-0.05, 0) is 36.4 Å². The zero-order valence-corrected chi connectivity index (χ0v) is 11.6. The van der Waals surface area contributed by atoms with Crippen molar-refractivity contribution in [2.24, 2.45) is 0 Å². The Morgan fingerprint density at radius 2 is 1.79 bits per heavy atom. The second kappa shape index (κ2) is 6.92. The molecular formula is C14H18N4S. The van der Waals surface area contributed by atoms with Crippen molar-refractivity contribution in [3.63, 3.8) is 0 Å². The van der Waals surface area contributed by atoms with Crippen molar-refractivity contribution in [1.82, 2.24) is 5.43 Å². The highest BCUT2D eigenvalue weighted by molar-refractivity contribution is 7.99. The lowest BCUT2D eigenvalue weighted by atomic mass is 10.3. The molecule has 0 saturated carbocycles. The van der Waals surface area contributed by atoms with E-state index in [0.717, 1.165) is 22.9 Å². The summed E-state index contributed by atoms with van der Waals surface area (Å²) in [6.07, 6.45) is 0. The van der Waals surface area contributed by atoms with Crippen LogP contribution in [0.4, 0.5) is 17.1 Å². The fourth-order valence-electron chi connectivity index (χ4n) is 1.62. The van der Waals surface area contributed by atoms with Gasteiger partial charge in [0.05, 0.1) is 5.88 Å². The van der Waals surface area contributed by atoms with Crippen molar-refractivity contribution in [1.29, 1.82) is 0 Å². The van der Waals surface area contributed by atoms with Gasteiger partial charge in [0.1, 0.15) is 0 Å². The first-order valence-electron chi connectivity index (χ1n) is 6.03. The van der Waals surface area contributed by atoms with Crippen LogP contribution in [0.3, 0.4) is 0 Å². The Kier molecular flexibility index (Phi) is 4.94. The van der Waals surface area contributed by atoms with Crippen LogP contribution in [0.1, 0.15) is 0 Å². The van der Waals surface area contributed by atoms with Crippen LogP contribution in [0, 0.1) is 0 Å². The average Bonchev–Trinajstić information content (AvgIpc) is 2.46. The van der Waals surface area contributed by atoms with Crippen molar-refractivity contribution in [2.75, 3.05) is 29.4 Å². The Bertz CT molecular complexity index is 513. The van der Waals surface area contributed by atoms with Gasteiger partial charge in [-0.2, -0.15) is 0 Å². The normalized spacial score (nSPS) is 10.2. The third-order valence-corrected chi connectivity index (χ3v) is 3.56. The lowest BCUT2D eigenvalue weighted by Crippen LogP contribution is -2.20. The highest BCUT2D eigenvalue weighted by Gasteiger charge is 1.99. The van der Waals surface area contributed by atoms with E-state index in [1.807, 2.05) is 43.4 Å². The predicted molar refractivity (Wildman–Crippen MR) is 84.3 cm³/mol. The molecule has 100 valence electrons. The van der Waals surface area contributed by atoms with Crippen LogP contribution in [-0.2, 0) is 0 Å². The van der Waals surface area contributed by atoms with Gasteiger partial charge in [-0.25, -0.2) is 5.43 Å². The van der Waals surface area contributed by atoms with E-state index in [1.54, 1.807) is 11.8 Å². The maximum absolute atomic E-state index is 5.63. The van der Waals surface area contributed by atoms with Crippen LogP contribution in [0.15, 0.2) is 53.4 Å². The first-order chi connectivity index (χ1) is 9.29. The fraction of sp³-hybridized carbons (Fsp3) is 0.143. The SMILES string of the molecule is CNc1ccccc1SCNNc1ccc(N)cc1. The molecule has 4 nitrogen and oxygen atoms in total. The van der Waals surface area contributed by atoms with E-state index in [9.17, 15) is 0 Å². The fourth-order valence-corrected chi connectivity index (χ4v) is 2.42. The summed E-state index contributed by atoms with van der Waals surface area (Å²) >= 11 is 1.73. The summed E-state index contributed by atoms with van der Waals surface area (Å²) in [4.78, 5) is 1.22. The third-order valence-electron chi connectivity index (χ3n) is 2.60. The number of benzene rings is 2. The smallest absolute Gasteiger partial charge is 0.0652 e. The first-order valence-corrected chi connectivity index (χ1v) is 7.02. The number of rotatable bonds is 6. The number of thioether (sulfide) groups is 1. The van der Waals surface area contributed by atoms with E-state index in [2.05, 4.69) is 28.3 Å². The molecule has 0 bridgehead atoms. The predicted octanol–water partition coefficient (Wildman–Crippen LogP) is 2.98. The standard InChI is InChI=1S/C14H18N4S/c1-16-13-4-2-3-5-14(13)19-10-17-18-12-8-6-11(15)7-9-12/h2-9,16-18H,10,15H2,1H3. The highest BCUT2D eigenvalue weighted by atomic mass is 32.2. The van der Waals surface area contributed by atoms with E-state index in [-0.39, 0.29) is 0 Å². The Balaban J connectivity index is 1.79. The third kappa shape index (κ3) is 4.08. The second-order valence-corrected chi connectivity index (χ2v) is 4.98. The van der Waals surface area contributed by atoms with Gasteiger partial charge >= 0.3 is 0 Å². The Morgan fingerprint density at radius 1 is 1.05 bits per heavy atom. The Hall–Kier alpha value is -1.85. The summed E-state index contributed by atoms with van der Waals surface area (Å²) in [5.41, 5.74) is 14.8. The number of hydrogen-bond acceptors (Lipinski definition) is 5. The summed E-state index contributed by atoms with van der Waals surface area (Å²) in [5.74, 6) is 0.767. The van der Waals surface area contributed by atoms with Gasteiger partial charge < -0.3 is 16.5 Å². The molecule has 2 aromatic rings. The molecule has 0 aliphatic heterocycles. The van der Waals surface area contributed by atoms with Crippen molar-refractivity contribution in [3.8, 4) is 0 Å². The molecule has 2 rings (SSSR count). The summed E-state index contributed by atoms with van der Waals surface area (Å²) in [6.45, 7) is 0. The van der Waals surface area contributed by atoms with Crippen molar-refractivity contribution in [2.45, 2.75) is 4.90 Å². The van der Waals surface area contributed by atoms with E-state index >= 15 is 0 Å².